The van der Waals surface area contributed by atoms with Crippen LogP contribution in [0, 0.1) is 0 Å². The first-order chi connectivity index (χ1) is 7.11. The molecule has 0 aliphatic rings. The van der Waals surface area contributed by atoms with Crippen LogP contribution >= 0.6 is 0 Å². The summed E-state index contributed by atoms with van der Waals surface area (Å²) in [6.45, 7) is 4.01. The van der Waals surface area contributed by atoms with E-state index in [4.69, 9.17) is 0 Å². The Morgan fingerprint density at radius 3 is 2.40 bits per heavy atom. The van der Waals surface area contributed by atoms with Gasteiger partial charge in [-0.3, -0.25) is 9.59 Å². The van der Waals surface area contributed by atoms with Crippen LogP contribution in [0.5, 0.6) is 0 Å². The zero-order valence-electron chi connectivity index (χ0n) is 9.93. The van der Waals surface area contributed by atoms with E-state index in [1.165, 1.54) is 6.92 Å². The smallest absolute Gasteiger partial charge is 0.220 e. The second kappa shape index (κ2) is 8.41. The Morgan fingerprint density at radius 2 is 1.93 bits per heavy atom. The number of hydrogen-bond donors (Lipinski definition) is 2. The molecule has 0 bridgehead atoms. The molecular weight excluding hydrogens is 192 g/mol. The number of amides is 1. The first-order valence-electron chi connectivity index (χ1n) is 5.56. The van der Waals surface area contributed by atoms with E-state index in [0.29, 0.717) is 13.0 Å². The van der Waals surface area contributed by atoms with Gasteiger partial charge in [0.15, 0.2) is 0 Å². The number of ketones is 1. The predicted molar refractivity (Wildman–Crippen MR) is 60.7 cm³/mol. The largest absolute Gasteiger partial charge is 0.354 e. The molecule has 0 aromatic rings. The minimum atomic E-state index is -0.264. The molecule has 1 unspecified atom stereocenters. The zero-order chi connectivity index (χ0) is 11.7. The standard InChI is InChI=1S/C11H22N2O2/c1-4-5-6-7-11(15)13-8-10(12-3)9(2)14/h10,12H,4-8H2,1-3H3,(H,13,15). The molecule has 2 N–H and O–H groups in total. The lowest BCUT2D eigenvalue weighted by Crippen LogP contribution is -2.43. The molecule has 0 aromatic heterocycles. The molecule has 0 heterocycles. The van der Waals surface area contributed by atoms with Crippen LogP contribution in [0.15, 0.2) is 0 Å². The summed E-state index contributed by atoms with van der Waals surface area (Å²) in [7, 11) is 1.72. The van der Waals surface area contributed by atoms with E-state index in [0.717, 1.165) is 19.3 Å². The second-order valence-electron chi connectivity index (χ2n) is 3.71. The van der Waals surface area contributed by atoms with E-state index in [9.17, 15) is 9.59 Å². The molecule has 88 valence electrons. The van der Waals surface area contributed by atoms with Crippen molar-refractivity contribution >= 4 is 11.7 Å². The normalized spacial score (nSPS) is 12.2. The van der Waals surface area contributed by atoms with Crippen molar-refractivity contribution in [2.75, 3.05) is 13.6 Å². The molecule has 0 aliphatic heterocycles. The van der Waals surface area contributed by atoms with Crippen LogP contribution in [0.2, 0.25) is 0 Å². The van der Waals surface area contributed by atoms with E-state index < -0.39 is 0 Å². The monoisotopic (exact) mass is 214 g/mol. The lowest BCUT2D eigenvalue weighted by molar-refractivity contribution is -0.122. The van der Waals surface area contributed by atoms with E-state index >= 15 is 0 Å². The van der Waals surface area contributed by atoms with Gasteiger partial charge in [-0.25, -0.2) is 0 Å². The van der Waals surface area contributed by atoms with Crippen molar-refractivity contribution in [3.63, 3.8) is 0 Å². The number of unbranched alkanes of at least 4 members (excludes halogenated alkanes) is 2. The van der Waals surface area contributed by atoms with Gasteiger partial charge in [-0.2, -0.15) is 0 Å². The number of rotatable bonds is 8. The molecule has 0 aromatic carbocycles. The number of nitrogens with one attached hydrogen (secondary N) is 2. The van der Waals surface area contributed by atoms with Gasteiger partial charge in [-0.05, 0) is 20.4 Å². The third kappa shape index (κ3) is 7.08. The van der Waals surface area contributed by atoms with E-state index in [2.05, 4.69) is 17.6 Å². The average molecular weight is 214 g/mol. The van der Waals surface area contributed by atoms with Gasteiger partial charge >= 0.3 is 0 Å². The summed E-state index contributed by atoms with van der Waals surface area (Å²) >= 11 is 0. The molecule has 0 saturated carbocycles. The molecule has 0 rings (SSSR count). The Labute approximate surface area is 91.8 Å². The maximum Gasteiger partial charge on any atom is 0.220 e. The molecule has 0 spiro atoms. The van der Waals surface area contributed by atoms with Crippen molar-refractivity contribution in [2.45, 2.75) is 45.6 Å². The second-order valence-corrected chi connectivity index (χ2v) is 3.71. The Hall–Kier alpha value is -0.900. The van der Waals surface area contributed by atoms with Gasteiger partial charge in [0.25, 0.3) is 0 Å². The molecule has 1 amide bonds. The van der Waals surface area contributed by atoms with E-state index in [1.54, 1.807) is 7.05 Å². The third-order valence-corrected chi connectivity index (χ3v) is 2.35. The summed E-state index contributed by atoms with van der Waals surface area (Å²) in [5.41, 5.74) is 0. The van der Waals surface area contributed by atoms with E-state index in [-0.39, 0.29) is 17.7 Å². The summed E-state index contributed by atoms with van der Waals surface area (Å²) in [4.78, 5) is 22.3. The number of carbonyl (C=O) groups excluding carboxylic acids is 2. The minimum absolute atomic E-state index is 0.0324. The lowest BCUT2D eigenvalue weighted by Gasteiger charge is -2.13. The maximum atomic E-state index is 11.3. The number of carbonyl (C=O) groups is 2. The van der Waals surface area contributed by atoms with Crippen molar-refractivity contribution < 1.29 is 9.59 Å². The van der Waals surface area contributed by atoms with Crippen molar-refractivity contribution in [3.8, 4) is 0 Å². The van der Waals surface area contributed by atoms with E-state index in [1.807, 2.05) is 0 Å². The average Bonchev–Trinajstić information content (AvgIpc) is 2.18. The maximum absolute atomic E-state index is 11.3. The van der Waals surface area contributed by atoms with Crippen LogP contribution in [-0.2, 0) is 9.59 Å². The van der Waals surface area contributed by atoms with Crippen LogP contribution in [0.4, 0.5) is 0 Å². The highest BCUT2D eigenvalue weighted by molar-refractivity contribution is 5.83. The molecule has 1 atom stereocenters. The van der Waals surface area contributed by atoms with Crippen molar-refractivity contribution in [1.29, 1.82) is 0 Å². The van der Waals surface area contributed by atoms with Crippen molar-refractivity contribution in [1.82, 2.24) is 10.6 Å². The molecule has 4 heteroatoms. The van der Waals surface area contributed by atoms with Crippen molar-refractivity contribution in [2.24, 2.45) is 0 Å². The topological polar surface area (TPSA) is 58.2 Å². The molecule has 0 radical (unpaired) electrons. The van der Waals surface area contributed by atoms with Crippen LogP contribution in [0.25, 0.3) is 0 Å². The van der Waals surface area contributed by atoms with Gasteiger partial charge in [-0.1, -0.05) is 19.8 Å². The fourth-order valence-electron chi connectivity index (χ4n) is 1.29. The molecule has 4 nitrogen and oxygen atoms in total. The lowest BCUT2D eigenvalue weighted by atomic mass is 10.2. The molecule has 0 saturated heterocycles. The van der Waals surface area contributed by atoms with Crippen LogP contribution < -0.4 is 10.6 Å². The fraction of sp³-hybridized carbons (Fsp3) is 0.818. The summed E-state index contributed by atoms with van der Waals surface area (Å²) in [5.74, 6) is 0.0799. The Bertz CT molecular complexity index is 205. The quantitative estimate of drug-likeness (QED) is 0.589. The van der Waals surface area contributed by atoms with Crippen LogP contribution in [0.3, 0.4) is 0 Å². The van der Waals surface area contributed by atoms with Crippen LogP contribution in [-0.4, -0.2) is 31.3 Å². The molecule has 15 heavy (non-hydrogen) atoms. The Balaban J connectivity index is 3.64. The first-order valence-corrected chi connectivity index (χ1v) is 5.56. The highest BCUT2D eigenvalue weighted by Gasteiger charge is 2.12. The summed E-state index contributed by atoms with van der Waals surface area (Å²) in [5, 5.41) is 5.61. The Kier molecular flexibility index (Phi) is 7.91. The van der Waals surface area contributed by atoms with Gasteiger partial charge in [0, 0.05) is 13.0 Å². The minimum Gasteiger partial charge on any atom is -0.354 e. The highest BCUT2D eigenvalue weighted by atomic mass is 16.1. The van der Waals surface area contributed by atoms with Gasteiger partial charge in [-0.15, -0.1) is 0 Å². The highest BCUT2D eigenvalue weighted by Crippen LogP contribution is 1.98. The molecule has 0 fully saturated rings. The Morgan fingerprint density at radius 1 is 1.27 bits per heavy atom. The predicted octanol–water partition coefficient (Wildman–Crippen LogP) is 0.860. The summed E-state index contributed by atoms with van der Waals surface area (Å²) in [6, 6.07) is -0.264. The number of likely N-dealkylation sites (N-methyl/N-ethyl adjacent to an activating group) is 1. The SMILES string of the molecule is CCCCCC(=O)NCC(NC)C(C)=O. The first kappa shape index (κ1) is 14.1. The van der Waals surface area contributed by atoms with Gasteiger partial charge in [0.1, 0.15) is 5.78 Å². The van der Waals surface area contributed by atoms with Crippen LogP contribution in [0.1, 0.15) is 39.5 Å². The number of hydrogen-bond acceptors (Lipinski definition) is 3. The van der Waals surface area contributed by atoms with Gasteiger partial charge in [0.05, 0.1) is 6.04 Å². The molecular formula is C11H22N2O2. The molecule has 0 aliphatic carbocycles. The van der Waals surface area contributed by atoms with Gasteiger partial charge in [0.2, 0.25) is 5.91 Å². The summed E-state index contributed by atoms with van der Waals surface area (Å²) < 4.78 is 0. The zero-order valence-corrected chi connectivity index (χ0v) is 9.93. The fourth-order valence-corrected chi connectivity index (χ4v) is 1.29. The van der Waals surface area contributed by atoms with Crippen molar-refractivity contribution in [3.05, 3.63) is 0 Å². The summed E-state index contributed by atoms with van der Waals surface area (Å²) in [6.07, 6.45) is 3.67. The number of Topliss-reactive ketones (excluding diaryl/α,β-unsaturated/α-hetero) is 1. The third-order valence-electron chi connectivity index (χ3n) is 2.35. The van der Waals surface area contributed by atoms with Gasteiger partial charge < -0.3 is 10.6 Å².